The molecule has 0 fully saturated rings. The van der Waals surface area contributed by atoms with Gasteiger partial charge in [-0.05, 0) is 51.0 Å². The van der Waals surface area contributed by atoms with Crippen LogP contribution in [0.5, 0.6) is 0 Å². The van der Waals surface area contributed by atoms with Crippen molar-refractivity contribution in [3.8, 4) is 0 Å². The van der Waals surface area contributed by atoms with Crippen LogP contribution in [0.1, 0.15) is 39.4 Å². The van der Waals surface area contributed by atoms with E-state index in [0.717, 1.165) is 11.1 Å². The average Bonchev–Trinajstić information content (AvgIpc) is 2.84. The van der Waals surface area contributed by atoms with E-state index in [0.29, 0.717) is 5.56 Å². The molecule has 0 amide bonds. The summed E-state index contributed by atoms with van der Waals surface area (Å²) in [5.74, 6) is 0. The molecule has 0 aromatic heterocycles. The molecule has 2 atom stereocenters. The van der Waals surface area contributed by atoms with Gasteiger partial charge in [-0.2, -0.15) is 4.72 Å². The molecule has 7 heteroatoms. The second kappa shape index (κ2) is 13.5. The Morgan fingerprint density at radius 3 is 1.59 bits per heavy atom. The molecular formula is C30H33ClN2O2RuS. The van der Waals surface area contributed by atoms with Gasteiger partial charge in [0.15, 0.2) is 5.00 Å². The number of hydrogen-bond donors (Lipinski definition) is 2. The summed E-state index contributed by atoms with van der Waals surface area (Å²) in [6.45, 7) is 8.27. The molecule has 0 saturated heterocycles. The number of halogens is 1. The van der Waals surface area contributed by atoms with Crippen molar-refractivity contribution in [2.45, 2.75) is 43.6 Å². The van der Waals surface area contributed by atoms with E-state index in [1.807, 2.05) is 43.3 Å². The number of sulfonamides is 1. The Labute approximate surface area is 239 Å². The van der Waals surface area contributed by atoms with Crippen molar-refractivity contribution >= 4 is 21.6 Å². The minimum atomic E-state index is -3.90. The van der Waals surface area contributed by atoms with Gasteiger partial charge >= 0.3 is 0 Å². The molecule has 0 radical (unpaired) electrons. The molecular weight excluding hydrogens is 589 g/mol. The molecule has 0 unspecified atom stereocenters. The zero-order valence-electron chi connectivity index (χ0n) is 21.4. The molecule has 3 N–H and O–H groups in total. The Morgan fingerprint density at radius 1 is 0.703 bits per heavy atom. The number of hydrogen-bond acceptors (Lipinski definition) is 3. The predicted octanol–water partition coefficient (Wildman–Crippen LogP) is 6.67. The maximum atomic E-state index is 13.0. The number of rotatable bonds is 6. The third-order valence-corrected chi connectivity index (χ3v) is 7.90. The van der Waals surface area contributed by atoms with Gasteiger partial charge in [0.05, 0.1) is 10.9 Å². The van der Waals surface area contributed by atoms with Gasteiger partial charge in [0.2, 0.25) is 10.0 Å². The Balaban J connectivity index is 0.000000408. The second-order valence-electron chi connectivity index (χ2n) is 9.05. The SMILES string of the molecule is Cc1cc(C)cc(C)c1.Cc1ccc(S(=O)(=O)N[C@](Cl)(c2ccccc2)[C@@H](N)c2ccccc2)cc1.[Ru]. The van der Waals surface area contributed by atoms with Gasteiger partial charge in [-0.15, -0.1) is 0 Å². The van der Waals surface area contributed by atoms with Crippen LogP contribution in [0.3, 0.4) is 0 Å². The van der Waals surface area contributed by atoms with E-state index < -0.39 is 21.1 Å². The monoisotopic (exact) mass is 622 g/mol. The van der Waals surface area contributed by atoms with Gasteiger partial charge in [-0.1, -0.05) is 125 Å². The van der Waals surface area contributed by atoms with Gasteiger partial charge in [-0.3, -0.25) is 0 Å². The topological polar surface area (TPSA) is 72.2 Å². The molecule has 4 aromatic carbocycles. The molecule has 0 spiro atoms. The fourth-order valence-corrected chi connectivity index (χ4v) is 5.85. The zero-order chi connectivity index (χ0) is 26.3. The first-order valence-corrected chi connectivity index (χ1v) is 13.6. The first-order chi connectivity index (χ1) is 17.0. The maximum Gasteiger partial charge on any atom is 0.242 e. The molecule has 0 saturated carbocycles. The summed E-state index contributed by atoms with van der Waals surface area (Å²) in [7, 11) is -3.90. The first kappa shape index (κ1) is 30.9. The molecule has 4 rings (SSSR count). The van der Waals surface area contributed by atoms with Crippen molar-refractivity contribution in [1.82, 2.24) is 4.72 Å². The molecule has 4 aromatic rings. The quantitative estimate of drug-likeness (QED) is 0.143. The van der Waals surface area contributed by atoms with Crippen LogP contribution in [0, 0.1) is 27.7 Å². The van der Waals surface area contributed by atoms with Crippen molar-refractivity contribution in [1.29, 1.82) is 0 Å². The summed E-state index contributed by atoms with van der Waals surface area (Å²) >= 11 is 6.90. The van der Waals surface area contributed by atoms with E-state index >= 15 is 0 Å². The van der Waals surface area contributed by atoms with Gasteiger partial charge in [0.1, 0.15) is 0 Å². The molecule has 0 aliphatic heterocycles. The molecule has 0 aliphatic carbocycles. The minimum Gasteiger partial charge on any atom is -0.321 e. The molecule has 0 bridgehead atoms. The molecule has 4 nitrogen and oxygen atoms in total. The van der Waals surface area contributed by atoms with Gasteiger partial charge in [0, 0.05) is 19.5 Å². The molecule has 37 heavy (non-hydrogen) atoms. The van der Waals surface area contributed by atoms with Crippen LogP contribution >= 0.6 is 11.6 Å². The third kappa shape index (κ3) is 8.33. The summed E-state index contributed by atoms with van der Waals surface area (Å²) in [5, 5.41) is 0. The maximum absolute atomic E-state index is 13.0. The van der Waals surface area contributed by atoms with E-state index in [2.05, 4.69) is 43.7 Å². The molecule has 0 heterocycles. The van der Waals surface area contributed by atoms with Crippen molar-refractivity contribution < 1.29 is 27.9 Å². The van der Waals surface area contributed by atoms with E-state index in [4.69, 9.17) is 17.3 Å². The summed E-state index contributed by atoms with van der Waals surface area (Å²) in [5.41, 5.74) is 12.8. The summed E-state index contributed by atoms with van der Waals surface area (Å²) < 4.78 is 28.7. The largest absolute Gasteiger partial charge is 0.321 e. The minimum absolute atomic E-state index is 0. The third-order valence-electron chi connectivity index (χ3n) is 5.76. The second-order valence-corrected chi connectivity index (χ2v) is 11.3. The first-order valence-electron chi connectivity index (χ1n) is 11.7. The smallest absolute Gasteiger partial charge is 0.242 e. The van der Waals surface area contributed by atoms with E-state index in [-0.39, 0.29) is 24.4 Å². The normalized spacial score (nSPS) is 13.4. The van der Waals surface area contributed by atoms with E-state index in [9.17, 15) is 8.42 Å². The fourth-order valence-electron chi connectivity index (χ4n) is 4.05. The predicted molar refractivity (Wildman–Crippen MR) is 149 cm³/mol. The van der Waals surface area contributed by atoms with Crippen LogP contribution in [0.25, 0.3) is 0 Å². The van der Waals surface area contributed by atoms with Crippen LogP contribution < -0.4 is 10.5 Å². The average molecular weight is 622 g/mol. The van der Waals surface area contributed by atoms with Crippen molar-refractivity contribution in [3.05, 3.63) is 137 Å². The van der Waals surface area contributed by atoms with E-state index in [1.54, 1.807) is 48.5 Å². The summed E-state index contributed by atoms with van der Waals surface area (Å²) in [6, 6.07) is 30.5. The van der Waals surface area contributed by atoms with Crippen LogP contribution in [0.15, 0.2) is 108 Å². The van der Waals surface area contributed by atoms with E-state index in [1.165, 1.54) is 16.7 Å². The molecule has 196 valence electrons. The number of benzene rings is 4. The standard InChI is InChI=1S/C21H21ClN2O2S.C9H12.Ru/c1-16-12-14-19(15-13-16)27(25,26)24-21(22,18-10-6-3-7-11-18)20(23)17-8-4-2-5-9-17;1-7-4-8(2)6-9(3)5-7;/h2-15,20,24H,23H2,1H3;4-6H,1-3H3;/t20-,21+;;/m0../s1. The van der Waals surface area contributed by atoms with Crippen molar-refractivity contribution in [3.63, 3.8) is 0 Å². The number of alkyl halides is 1. The Morgan fingerprint density at radius 2 is 1.14 bits per heavy atom. The van der Waals surface area contributed by atoms with Crippen molar-refractivity contribution in [2.75, 3.05) is 0 Å². The van der Waals surface area contributed by atoms with Crippen LogP contribution in [-0.2, 0) is 34.5 Å². The fraction of sp³-hybridized carbons (Fsp3) is 0.200. The van der Waals surface area contributed by atoms with Gasteiger partial charge < -0.3 is 5.73 Å². The Kier molecular flexibility index (Phi) is 11.2. The number of nitrogens with two attached hydrogens (primary N) is 1. The van der Waals surface area contributed by atoms with Crippen LogP contribution in [-0.4, -0.2) is 8.42 Å². The number of nitrogens with one attached hydrogen (secondary N) is 1. The Hall–Kier alpha value is -2.34. The van der Waals surface area contributed by atoms with Crippen LogP contribution in [0.2, 0.25) is 0 Å². The summed E-state index contributed by atoms with van der Waals surface area (Å²) in [4.78, 5) is -1.42. The van der Waals surface area contributed by atoms with Crippen molar-refractivity contribution in [2.24, 2.45) is 5.73 Å². The molecule has 0 aliphatic rings. The summed E-state index contributed by atoms with van der Waals surface area (Å²) in [6.07, 6.45) is 0. The zero-order valence-corrected chi connectivity index (χ0v) is 24.7. The number of aryl methyl sites for hydroxylation is 4. The Bertz CT molecular complexity index is 1330. The van der Waals surface area contributed by atoms with Gasteiger partial charge in [-0.25, -0.2) is 8.42 Å². The van der Waals surface area contributed by atoms with Gasteiger partial charge in [0.25, 0.3) is 0 Å². The van der Waals surface area contributed by atoms with Crippen LogP contribution in [0.4, 0.5) is 0 Å².